The van der Waals surface area contributed by atoms with Crippen LogP contribution in [-0.2, 0) is 9.59 Å². The molecular weight excluding hydrogens is 548 g/mol. The zero-order chi connectivity index (χ0) is 29.3. The molecule has 5 rings (SSSR count). The van der Waals surface area contributed by atoms with Crippen molar-refractivity contribution in [3.63, 3.8) is 0 Å². The fourth-order valence-corrected chi connectivity index (χ4v) is 4.93. The van der Waals surface area contributed by atoms with E-state index in [-0.39, 0.29) is 17.4 Å². The van der Waals surface area contributed by atoms with Crippen molar-refractivity contribution in [2.45, 2.75) is 4.90 Å². The minimum Gasteiger partial charge on any atom is -0.495 e. The van der Waals surface area contributed by atoms with Gasteiger partial charge in [0.05, 0.1) is 18.6 Å². The molecule has 0 bridgehead atoms. The Morgan fingerprint density at radius 2 is 1.55 bits per heavy atom. The van der Waals surface area contributed by atoms with Gasteiger partial charge in [-0.1, -0.05) is 48.5 Å². The van der Waals surface area contributed by atoms with Crippen molar-refractivity contribution in [2.24, 2.45) is 0 Å². The van der Waals surface area contributed by atoms with Gasteiger partial charge in [-0.2, -0.15) is 0 Å². The van der Waals surface area contributed by atoms with Crippen molar-refractivity contribution < 1.29 is 19.1 Å². The van der Waals surface area contributed by atoms with Crippen LogP contribution in [0.25, 0.3) is 17.0 Å². The van der Waals surface area contributed by atoms with Gasteiger partial charge in [0, 0.05) is 38.8 Å². The summed E-state index contributed by atoms with van der Waals surface area (Å²) in [6.07, 6.45) is 3.45. The number of aromatic amines is 1. The number of ether oxygens (including phenoxy) is 1. The van der Waals surface area contributed by atoms with E-state index in [9.17, 15) is 14.4 Å². The molecule has 0 saturated heterocycles. The van der Waals surface area contributed by atoms with Crippen LogP contribution in [0.3, 0.4) is 0 Å². The molecule has 0 aliphatic carbocycles. The third kappa shape index (κ3) is 7.07. The molecule has 0 atom stereocenters. The van der Waals surface area contributed by atoms with E-state index in [0.29, 0.717) is 22.7 Å². The van der Waals surface area contributed by atoms with Gasteiger partial charge in [0.2, 0.25) is 5.91 Å². The number of nitrogens with one attached hydrogen (secondary N) is 4. The number of amides is 3. The summed E-state index contributed by atoms with van der Waals surface area (Å²) in [6.45, 7) is 0. The highest BCUT2D eigenvalue weighted by Gasteiger charge is 2.16. The van der Waals surface area contributed by atoms with Crippen molar-refractivity contribution in [1.29, 1.82) is 0 Å². The van der Waals surface area contributed by atoms with Gasteiger partial charge >= 0.3 is 0 Å². The van der Waals surface area contributed by atoms with Gasteiger partial charge in [-0.25, -0.2) is 0 Å². The van der Waals surface area contributed by atoms with Gasteiger partial charge in [0.1, 0.15) is 11.4 Å². The first-order valence-corrected chi connectivity index (χ1v) is 14.1. The van der Waals surface area contributed by atoms with Gasteiger partial charge in [-0.3, -0.25) is 14.4 Å². The van der Waals surface area contributed by atoms with Crippen molar-refractivity contribution in [1.82, 2.24) is 10.3 Å². The minimum absolute atomic E-state index is 0.0973. The normalized spacial score (nSPS) is 11.1. The Labute approximate surface area is 247 Å². The van der Waals surface area contributed by atoms with Gasteiger partial charge in [-0.05, 0) is 60.7 Å². The topological polar surface area (TPSA) is 112 Å². The maximum absolute atomic E-state index is 13.4. The van der Waals surface area contributed by atoms with Crippen LogP contribution in [-0.4, -0.2) is 35.6 Å². The first-order valence-electron chi connectivity index (χ1n) is 13.1. The second-order valence-corrected chi connectivity index (χ2v) is 10.2. The molecule has 0 saturated carbocycles. The maximum Gasteiger partial charge on any atom is 0.272 e. The Hall–Kier alpha value is -5.28. The number of hydrogen-bond donors (Lipinski definition) is 4. The van der Waals surface area contributed by atoms with Gasteiger partial charge in [0.15, 0.2) is 0 Å². The van der Waals surface area contributed by atoms with Gasteiger partial charge in [0.25, 0.3) is 11.8 Å². The number of thioether (sulfide) groups is 1. The van der Waals surface area contributed by atoms with Crippen LogP contribution >= 0.6 is 11.8 Å². The second-order valence-electron chi connectivity index (χ2n) is 9.18. The standard InChI is InChI=1S/C33H28N4O4S/c1-41-30-14-8-7-13-28(30)36-31(38)21-42-25-17-15-24(16-18-25)35-33(40)29(37-32(39)22-9-3-2-4-10-22)19-23-20-34-27-12-6-5-11-26(23)27/h2-20,34H,21H2,1H3,(H,35,40)(H,36,38)(H,37,39)/b29-19-. The summed E-state index contributed by atoms with van der Waals surface area (Å²) in [5.74, 6) is -0.236. The Balaban J connectivity index is 1.26. The summed E-state index contributed by atoms with van der Waals surface area (Å²) in [7, 11) is 1.55. The van der Waals surface area contributed by atoms with Crippen molar-refractivity contribution in [3.8, 4) is 5.75 Å². The highest BCUT2D eigenvalue weighted by molar-refractivity contribution is 8.00. The van der Waals surface area contributed by atoms with E-state index < -0.39 is 11.8 Å². The number of rotatable bonds is 10. The molecule has 9 heteroatoms. The average molecular weight is 577 g/mol. The predicted octanol–water partition coefficient (Wildman–Crippen LogP) is 6.32. The number of H-pyrrole nitrogens is 1. The van der Waals surface area contributed by atoms with Crippen LogP contribution in [0.1, 0.15) is 15.9 Å². The number of carbonyl (C=O) groups excluding carboxylic acids is 3. The SMILES string of the molecule is COc1ccccc1NC(=O)CSc1ccc(NC(=O)/C(=C/c2c[nH]c3ccccc23)NC(=O)c2ccccc2)cc1. The first kappa shape index (κ1) is 28.3. The molecule has 8 nitrogen and oxygen atoms in total. The molecule has 4 aromatic carbocycles. The molecule has 0 unspecified atom stereocenters. The number of benzene rings is 4. The molecule has 0 spiro atoms. The van der Waals surface area contributed by atoms with Crippen molar-refractivity contribution in [2.75, 3.05) is 23.5 Å². The zero-order valence-electron chi connectivity index (χ0n) is 22.7. The third-order valence-corrected chi connectivity index (χ3v) is 7.33. The number of hydrogen-bond acceptors (Lipinski definition) is 5. The Morgan fingerprint density at radius 3 is 2.33 bits per heavy atom. The largest absolute Gasteiger partial charge is 0.495 e. The molecule has 42 heavy (non-hydrogen) atoms. The Morgan fingerprint density at radius 1 is 0.833 bits per heavy atom. The Kier molecular flexibility index (Phi) is 9.00. The van der Waals surface area contributed by atoms with E-state index in [2.05, 4.69) is 20.9 Å². The number of methoxy groups -OCH3 is 1. The lowest BCUT2D eigenvalue weighted by atomic mass is 10.1. The number of carbonyl (C=O) groups is 3. The quantitative estimate of drug-likeness (QED) is 0.115. The van der Waals surface area contributed by atoms with Crippen LogP contribution in [0.2, 0.25) is 0 Å². The number of para-hydroxylation sites is 3. The highest BCUT2D eigenvalue weighted by atomic mass is 32.2. The summed E-state index contributed by atoms with van der Waals surface area (Å²) < 4.78 is 5.28. The third-order valence-electron chi connectivity index (χ3n) is 6.31. The number of anilines is 2. The van der Waals surface area contributed by atoms with Crippen LogP contribution in [0, 0.1) is 0 Å². The summed E-state index contributed by atoms with van der Waals surface area (Å²) in [5.41, 5.74) is 3.37. The van der Waals surface area contributed by atoms with Crippen LogP contribution in [0.5, 0.6) is 5.75 Å². The molecule has 0 fully saturated rings. The van der Waals surface area contributed by atoms with E-state index >= 15 is 0 Å². The zero-order valence-corrected chi connectivity index (χ0v) is 23.5. The van der Waals surface area contributed by atoms with Crippen molar-refractivity contribution in [3.05, 3.63) is 126 Å². The smallest absolute Gasteiger partial charge is 0.272 e. The van der Waals surface area contributed by atoms with Crippen LogP contribution in [0.4, 0.5) is 11.4 Å². The fourth-order valence-electron chi connectivity index (χ4n) is 4.23. The second kappa shape index (κ2) is 13.4. The molecule has 4 N–H and O–H groups in total. The van der Waals surface area contributed by atoms with Crippen LogP contribution < -0.4 is 20.7 Å². The van der Waals surface area contributed by atoms with E-state index in [4.69, 9.17) is 4.74 Å². The molecule has 5 aromatic rings. The first-order chi connectivity index (χ1) is 20.5. The average Bonchev–Trinajstić information content (AvgIpc) is 3.43. The van der Waals surface area contributed by atoms with E-state index in [1.54, 1.807) is 67.9 Å². The molecule has 0 aliphatic rings. The molecule has 0 aliphatic heterocycles. The summed E-state index contributed by atoms with van der Waals surface area (Å²) in [4.78, 5) is 42.8. The lowest BCUT2D eigenvalue weighted by molar-refractivity contribution is -0.114. The minimum atomic E-state index is -0.471. The number of aromatic nitrogens is 1. The monoisotopic (exact) mass is 576 g/mol. The lowest BCUT2D eigenvalue weighted by Gasteiger charge is -2.12. The summed E-state index contributed by atoms with van der Waals surface area (Å²) in [6, 6.07) is 30.8. The predicted molar refractivity (Wildman–Crippen MR) is 168 cm³/mol. The molecule has 1 aromatic heterocycles. The van der Waals surface area contributed by atoms with Gasteiger partial charge < -0.3 is 25.7 Å². The molecule has 0 radical (unpaired) electrons. The highest BCUT2D eigenvalue weighted by Crippen LogP contribution is 2.25. The summed E-state index contributed by atoms with van der Waals surface area (Å²) >= 11 is 1.37. The van der Waals surface area contributed by atoms with Crippen molar-refractivity contribution >= 4 is 57.8 Å². The fraction of sp³-hybridized carbons (Fsp3) is 0.0606. The van der Waals surface area contributed by atoms with E-state index in [1.165, 1.54) is 11.8 Å². The molecule has 1 heterocycles. The molecular formula is C33H28N4O4S. The van der Waals surface area contributed by atoms with Crippen LogP contribution in [0.15, 0.2) is 120 Å². The Bertz CT molecular complexity index is 1750. The maximum atomic E-state index is 13.4. The van der Waals surface area contributed by atoms with E-state index in [1.807, 2.05) is 54.6 Å². The van der Waals surface area contributed by atoms with E-state index in [0.717, 1.165) is 21.4 Å². The lowest BCUT2D eigenvalue weighted by Crippen LogP contribution is -2.30. The number of fused-ring (bicyclic) bond motifs is 1. The summed E-state index contributed by atoms with van der Waals surface area (Å²) in [5, 5.41) is 9.41. The molecule has 210 valence electrons. The van der Waals surface area contributed by atoms with Gasteiger partial charge in [-0.15, -0.1) is 11.8 Å². The molecule has 3 amide bonds.